The van der Waals surface area contributed by atoms with Gasteiger partial charge in [0.15, 0.2) is 0 Å². The van der Waals surface area contributed by atoms with E-state index in [1.807, 2.05) is 0 Å². The summed E-state index contributed by atoms with van der Waals surface area (Å²) in [5, 5.41) is 1.25. The van der Waals surface area contributed by atoms with Gasteiger partial charge in [0.1, 0.15) is 5.82 Å². The van der Waals surface area contributed by atoms with Gasteiger partial charge in [-0.05, 0) is 179 Å². The molecule has 2 aliphatic heterocycles. The number of aromatic nitrogens is 1. The standard InChI is InChI=1S/C87H85BN4/c1-83(2,3)60-40-46-68(47-41-60)90-76-51-45-64(86(10,11)12)54-72(76)80-82(90)92(75-50-44-63(85(7,8)9)53-71(75)59-32-22-16-23-33-59)79-57-69(89(66-36-26-18-27-37-66)67-38-28-19-29-39-67)56-78-81(79)88(80)73-48-42-65(87(13,14)61-34-24-17-25-35-61)55-77(73)91(78)74-49-43-62(84(4,5)6)52-70(74)58-30-20-15-21-31-58/h15-57H,1-14H3. The normalized spacial score (nSPS) is 13.3. The van der Waals surface area contributed by atoms with Crippen LogP contribution in [0.25, 0.3) is 38.8 Å². The highest BCUT2D eigenvalue weighted by molar-refractivity contribution is 7.01. The number of hydrogen-bond donors (Lipinski definition) is 0. The lowest BCUT2D eigenvalue weighted by atomic mass is 9.33. The highest BCUT2D eigenvalue weighted by Gasteiger charge is 2.48. The van der Waals surface area contributed by atoms with Crippen molar-refractivity contribution in [3.63, 3.8) is 0 Å². The van der Waals surface area contributed by atoms with Crippen LogP contribution in [0.3, 0.4) is 0 Å². The van der Waals surface area contributed by atoms with Crippen molar-refractivity contribution in [3.8, 4) is 27.9 Å². The number of fused-ring (bicyclic) bond motifs is 6. The van der Waals surface area contributed by atoms with E-state index in [0.717, 1.165) is 56.9 Å². The Morgan fingerprint density at radius 1 is 0.304 bits per heavy atom. The second kappa shape index (κ2) is 22.4. The molecule has 14 rings (SSSR count). The van der Waals surface area contributed by atoms with Gasteiger partial charge in [0.2, 0.25) is 0 Å². The molecule has 0 aliphatic carbocycles. The monoisotopic (exact) mass is 1200 g/mol. The van der Waals surface area contributed by atoms with Crippen LogP contribution in [-0.4, -0.2) is 11.3 Å². The fourth-order valence-electron chi connectivity index (χ4n) is 14.3. The molecule has 11 aromatic carbocycles. The number of hydrogen-bond acceptors (Lipinski definition) is 3. The Kier molecular flexibility index (Phi) is 14.6. The van der Waals surface area contributed by atoms with E-state index in [9.17, 15) is 0 Å². The number of rotatable bonds is 10. The van der Waals surface area contributed by atoms with Crippen molar-refractivity contribution >= 4 is 85.3 Å². The van der Waals surface area contributed by atoms with Gasteiger partial charge < -0.3 is 9.80 Å². The summed E-state index contributed by atoms with van der Waals surface area (Å²) in [4.78, 5) is 7.85. The minimum absolute atomic E-state index is 0.0437. The van der Waals surface area contributed by atoms with E-state index in [0.29, 0.717) is 0 Å². The Morgan fingerprint density at radius 2 is 0.728 bits per heavy atom. The van der Waals surface area contributed by atoms with Crippen LogP contribution in [0.4, 0.5) is 51.3 Å². The summed E-state index contributed by atoms with van der Waals surface area (Å²) in [6.45, 7) is 32.6. The molecule has 12 aromatic rings. The molecule has 92 heavy (non-hydrogen) atoms. The van der Waals surface area contributed by atoms with Crippen LogP contribution in [0.1, 0.15) is 130 Å². The van der Waals surface area contributed by atoms with Gasteiger partial charge in [0, 0.05) is 50.7 Å². The van der Waals surface area contributed by atoms with Crippen molar-refractivity contribution in [2.45, 2.75) is 124 Å². The summed E-state index contributed by atoms with van der Waals surface area (Å²) in [6, 6.07) is 99.3. The van der Waals surface area contributed by atoms with Crippen LogP contribution in [-0.2, 0) is 27.1 Å². The molecule has 3 heterocycles. The van der Waals surface area contributed by atoms with Gasteiger partial charge in [0.05, 0.1) is 22.6 Å². The average molecular weight is 1200 g/mol. The van der Waals surface area contributed by atoms with Gasteiger partial charge in [-0.25, -0.2) is 0 Å². The maximum Gasteiger partial charge on any atom is 0.255 e. The molecule has 4 nitrogen and oxygen atoms in total. The van der Waals surface area contributed by atoms with Crippen molar-refractivity contribution in [2.75, 3.05) is 14.7 Å². The fraction of sp³-hybridized carbons (Fsp3) is 0.218. The van der Waals surface area contributed by atoms with E-state index >= 15 is 0 Å². The topological polar surface area (TPSA) is 14.7 Å². The summed E-state index contributed by atoms with van der Waals surface area (Å²) in [6.07, 6.45) is 0. The van der Waals surface area contributed by atoms with E-state index in [2.05, 4.69) is 377 Å². The molecule has 0 radical (unpaired) electrons. The maximum absolute atomic E-state index is 2.70. The van der Waals surface area contributed by atoms with Crippen molar-refractivity contribution in [1.29, 1.82) is 0 Å². The molecule has 0 fully saturated rings. The van der Waals surface area contributed by atoms with Crippen molar-refractivity contribution in [1.82, 2.24) is 4.57 Å². The first-order valence-corrected chi connectivity index (χ1v) is 33.0. The smallest absolute Gasteiger partial charge is 0.255 e. The summed E-state index contributed by atoms with van der Waals surface area (Å²) in [7, 11) is 0. The first-order chi connectivity index (χ1) is 43.9. The number of benzene rings is 11. The molecular weight excluding hydrogens is 1110 g/mol. The quantitative estimate of drug-likeness (QED) is 0.127. The third-order valence-electron chi connectivity index (χ3n) is 19.7. The average Bonchev–Trinajstić information content (AvgIpc) is 1.28. The van der Waals surface area contributed by atoms with Gasteiger partial charge in [-0.3, -0.25) is 9.47 Å². The second-order valence-corrected chi connectivity index (χ2v) is 30.3. The Balaban J connectivity index is 1.22. The summed E-state index contributed by atoms with van der Waals surface area (Å²) in [5.74, 6) is 1.13. The third-order valence-corrected chi connectivity index (χ3v) is 19.7. The molecule has 456 valence electrons. The van der Waals surface area contributed by atoms with E-state index < -0.39 is 0 Å². The summed E-state index contributed by atoms with van der Waals surface area (Å²) < 4.78 is 2.62. The molecule has 2 aliphatic rings. The van der Waals surface area contributed by atoms with Crippen LogP contribution >= 0.6 is 0 Å². The van der Waals surface area contributed by atoms with E-state index in [4.69, 9.17) is 0 Å². The zero-order valence-electron chi connectivity index (χ0n) is 56.2. The molecule has 0 amide bonds. The summed E-state index contributed by atoms with van der Waals surface area (Å²) >= 11 is 0. The molecule has 0 saturated heterocycles. The number of anilines is 9. The van der Waals surface area contributed by atoms with Crippen molar-refractivity contribution in [3.05, 3.63) is 294 Å². The molecular formula is C87H85BN4. The van der Waals surface area contributed by atoms with E-state index in [1.165, 1.54) is 83.0 Å². The van der Waals surface area contributed by atoms with E-state index in [1.54, 1.807) is 0 Å². The maximum atomic E-state index is 2.70. The number of para-hydroxylation sites is 2. The van der Waals surface area contributed by atoms with Gasteiger partial charge >= 0.3 is 0 Å². The minimum atomic E-state index is -0.358. The van der Waals surface area contributed by atoms with Crippen molar-refractivity contribution in [2.24, 2.45) is 0 Å². The third kappa shape index (κ3) is 10.4. The van der Waals surface area contributed by atoms with Crippen LogP contribution in [0, 0.1) is 0 Å². The van der Waals surface area contributed by atoms with Gasteiger partial charge in [-0.2, -0.15) is 0 Å². The molecule has 0 spiro atoms. The lowest BCUT2D eigenvalue weighted by Gasteiger charge is -2.45. The predicted octanol–water partition coefficient (Wildman–Crippen LogP) is 22.0. The highest BCUT2D eigenvalue weighted by Crippen LogP contribution is 2.54. The zero-order valence-corrected chi connectivity index (χ0v) is 56.2. The van der Waals surface area contributed by atoms with Crippen LogP contribution < -0.4 is 31.1 Å². The Hall–Kier alpha value is -9.58. The van der Waals surface area contributed by atoms with Crippen molar-refractivity contribution < 1.29 is 0 Å². The first kappa shape index (κ1) is 60.0. The molecule has 1 aromatic heterocycles. The largest absolute Gasteiger partial charge is 0.311 e. The number of nitrogens with zero attached hydrogens (tertiary/aromatic N) is 4. The summed E-state index contributed by atoms with van der Waals surface area (Å²) in [5.41, 5.74) is 26.5. The molecule has 0 bridgehead atoms. The molecule has 0 atom stereocenters. The minimum Gasteiger partial charge on any atom is -0.311 e. The first-order valence-electron chi connectivity index (χ1n) is 33.0. The van der Waals surface area contributed by atoms with Gasteiger partial charge in [0.25, 0.3) is 6.71 Å². The highest BCUT2D eigenvalue weighted by atomic mass is 15.3. The Bertz CT molecular complexity index is 4690. The molecule has 5 heteroatoms. The fourth-order valence-corrected chi connectivity index (χ4v) is 14.3. The predicted molar refractivity (Wildman–Crippen MR) is 396 cm³/mol. The lowest BCUT2D eigenvalue weighted by Crippen LogP contribution is -2.61. The second-order valence-electron chi connectivity index (χ2n) is 30.3. The molecule has 0 N–H and O–H groups in total. The zero-order chi connectivity index (χ0) is 64.2. The SMILES string of the molecule is CC(C)(C)c1ccc(-n2c3c(c4cc(C(C)(C)C)ccc42)B2c4ccc(C(C)(C)c5ccccc5)cc4N(c4ccc(C(C)(C)C)cc4-c4ccccc4)c4cc(N(c5ccccc5)c5ccccc5)cc(c42)N3c2ccc(C(C)(C)C)cc2-c2ccccc2)cc1. The van der Waals surface area contributed by atoms with Gasteiger partial charge in [-0.1, -0.05) is 267 Å². The Labute approximate surface area is 547 Å². The van der Waals surface area contributed by atoms with E-state index in [-0.39, 0.29) is 33.8 Å². The van der Waals surface area contributed by atoms with Crippen LogP contribution in [0.2, 0.25) is 0 Å². The lowest BCUT2D eigenvalue weighted by molar-refractivity contribution is 0.590. The molecule has 0 unspecified atom stereocenters. The van der Waals surface area contributed by atoms with Gasteiger partial charge in [-0.15, -0.1) is 0 Å². The Morgan fingerprint density at radius 3 is 1.23 bits per heavy atom. The molecule has 0 saturated carbocycles. The van der Waals surface area contributed by atoms with Crippen LogP contribution in [0.5, 0.6) is 0 Å². The van der Waals surface area contributed by atoms with Crippen LogP contribution in [0.15, 0.2) is 261 Å².